The van der Waals surface area contributed by atoms with Gasteiger partial charge in [0.2, 0.25) is 0 Å². The Bertz CT molecular complexity index is 513. The van der Waals surface area contributed by atoms with Gasteiger partial charge in [-0.3, -0.25) is 9.59 Å². The number of carbonyl (C=O) groups is 2. The Hall–Kier alpha value is -2.22. The smallest absolute Gasteiger partial charge is 0.150 e. The molecule has 2 heteroatoms. The van der Waals surface area contributed by atoms with Gasteiger partial charge in [-0.1, -0.05) is 54.1 Å². The van der Waals surface area contributed by atoms with Crippen molar-refractivity contribution in [2.45, 2.75) is 13.8 Å². The summed E-state index contributed by atoms with van der Waals surface area (Å²) in [7, 11) is 0. The van der Waals surface area contributed by atoms with E-state index in [0.717, 1.165) is 29.3 Å². The third-order valence-corrected chi connectivity index (χ3v) is 2.53. The number of aryl methyl sites for hydroxylation is 2. The molecule has 0 heterocycles. The second-order valence-electron chi connectivity index (χ2n) is 4.00. The molecule has 0 bridgehead atoms. The molecule has 0 aromatic heterocycles. The maximum absolute atomic E-state index is 10.2. The van der Waals surface area contributed by atoms with Crippen LogP contribution in [0.25, 0.3) is 0 Å². The van der Waals surface area contributed by atoms with Crippen LogP contribution in [0.3, 0.4) is 0 Å². The standard InChI is InChI=1S/2C8H8O/c1-7-2-4-8(6-9)5-3-7;1-7-4-2-3-5-8(7)6-9/h2*2-6H,1H3. The Kier molecular flexibility index (Phi) is 5.52. The molecular weight excluding hydrogens is 224 g/mol. The number of aldehydes is 2. The van der Waals surface area contributed by atoms with Crippen molar-refractivity contribution in [3.8, 4) is 0 Å². The Morgan fingerprint density at radius 1 is 0.778 bits per heavy atom. The first-order valence-corrected chi connectivity index (χ1v) is 5.70. The average Bonchev–Trinajstić information content (AvgIpc) is 2.41. The van der Waals surface area contributed by atoms with Gasteiger partial charge in [-0.05, 0) is 19.4 Å². The maximum atomic E-state index is 10.2. The van der Waals surface area contributed by atoms with E-state index in [-0.39, 0.29) is 0 Å². The zero-order chi connectivity index (χ0) is 13.4. The van der Waals surface area contributed by atoms with Gasteiger partial charge in [0.1, 0.15) is 12.6 Å². The van der Waals surface area contributed by atoms with E-state index in [9.17, 15) is 9.59 Å². The minimum absolute atomic E-state index is 0.737. The zero-order valence-corrected chi connectivity index (χ0v) is 10.6. The Labute approximate surface area is 107 Å². The summed E-state index contributed by atoms with van der Waals surface area (Å²) in [4.78, 5) is 20.3. The minimum atomic E-state index is 0.737. The second-order valence-corrected chi connectivity index (χ2v) is 4.00. The summed E-state index contributed by atoms with van der Waals surface area (Å²) >= 11 is 0. The number of hydrogen-bond donors (Lipinski definition) is 0. The van der Waals surface area contributed by atoms with Crippen LogP contribution in [0.2, 0.25) is 0 Å². The van der Waals surface area contributed by atoms with Crippen molar-refractivity contribution in [3.63, 3.8) is 0 Å². The predicted octanol–water partition coefficient (Wildman–Crippen LogP) is 3.62. The van der Waals surface area contributed by atoms with Crippen molar-refractivity contribution in [2.24, 2.45) is 0 Å². The monoisotopic (exact) mass is 240 g/mol. The third kappa shape index (κ3) is 4.34. The van der Waals surface area contributed by atoms with Crippen molar-refractivity contribution < 1.29 is 9.59 Å². The molecular formula is C16H16O2. The summed E-state index contributed by atoms with van der Waals surface area (Å²) in [5, 5.41) is 0. The highest BCUT2D eigenvalue weighted by Gasteiger charge is 1.90. The van der Waals surface area contributed by atoms with Crippen LogP contribution in [0.15, 0.2) is 48.5 Å². The molecule has 92 valence electrons. The number of benzene rings is 2. The van der Waals surface area contributed by atoms with Crippen LogP contribution in [0, 0.1) is 13.8 Å². The lowest BCUT2D eigenvalue weighted by atomic mass is 10.1. The average molecular weight is 240 g/mol. The van der Waals surface area contributed by atoms with Gasteiger partial charge in [-0.2, -0.15) is 0 Å². The molecule has 0 saturated carbocycles. The van der Waals surface area contributed by atoms with Gasteiger partial charge in [-0.15, -0.1) is 0 Å². The quantitative estimate of drug-likeness (QED) is 0.751. The van der Waals surface area contributed by atoms with Crippen LogP contribution in [-0.2, 0) is 0 Å². The molecule has 0 unspecified atom stereocenters. The van der Waals surface area contributed by atoms with E-state index in [4.69, 9.17) is 0 Å². The normalized spacial score (nSPS) is 9.00. The third-order valence-electron chi connectivity index (χ3n) is 2.53. The first-order valence-electron chi connectivity index (χ1n) is 5.70. The van der Waals surface area contributed by atoms with Gasteiger partial charge in [0.25, 0.3) is 0 Å². The molecule has 18 heavy (non-hydrogen) atoms. The van der Waals surface area contributed by atoms with Crippen LogP contribution in [0.4, 0.5) is 0 Å². The van der Waals surface area contributed by atoms with Crippen LogP contribution >= 0.6 is 0 Å². The lowest BCUT2D eigenvalue weighted by Crippen LogP contribution is -1.82. The molecule has 2 rings (SSSR count). The van der Waals surface area contributed by atoms with E-state index in [1.54, 1.807) is 0 Å². The van der Waals surface area contributed by atoms with Crippen molar-refractivity contribution in [3.05, 3.63) is 70.8 Å². The Morgan fingerprint density at radius 2 is 1.39 bits per heavy atom. The fourth-order valence-electron chi connectivity index (χ4n) is 1.36. The molecule has 0 aliphatic carbocycles. The number of rotatable bonds is 2. The van der Waals surface area contributed by atoms with Crippen LogP contribution < -0.4 is 0 Å². The highest BCUT2D eigenvalue weighted by Crippen LogP contribution is 2.02. The molecule has 2 nitrogen and oxygen atoms in total. The van der Waals surface area contributed by atoms with Crippen molar-refractivity contribution in [2.75, 3.05) is 0 Å². The van der Waals surface area contributed by atoms with Gasteiger partial charge in [0, 0.05) is 11.1 Å². The molecule has 0 aliphatic rings. The number of hydrogen-bond acceptors (Lipinski definition) is 2. The van der Waals surface area contributed by atoms with E-state index in [1.165, 1.54) is 5.56 Å². The van der Waals surface area contributed by atoms with Crippen molar-refractivity contribution >= 4 is 12.6 Å². The molecule has 0 aliphatic heterocycles. The molecule has 2 aromatic rings. The number of carbonyl (C=O) groups excluding carboxylic acids is 2. The topological polar surface area (TPSA) is 34.1 Å². The van der Waals surface area contributed by atoms with Crippen LogP contribution in [0.5, 0.6) is 0 Å². The highest BCUT2D eigenvalue weighted by atomic mass is 16.1. The minimum Gasteiger partial charge on any atom is -0.298 e. The van der Waals surface area contributed by atoms with Crippen molar-refractivity contribution in [1.29, 1.82) is 0 Å². The summed E-state index contributed by atoms with van der Waals surface area (Å²) in [6, 6.07) is 15.0. The van der Waals surface area contributed by atoms with Gasteiger partial charge < -0.3 is 0 Å². The molecule has 0 atom stereocenters. The van der Waals surface area contributed by atoms with Gasteiger partial charge >= 0.3 is 0 Å². The zero-order valence-electron chi connectivity index (χ0n) is 10.6. The van der Waals surface area contributed by atoms with Crippen LogP contribution in [-0.4, -0.2) is 12.6 Å². The Morgan fingerprint density at radius 3 is 1.83 bits per heavy atom. The van der Waals surface area contributed by atoms with E-state index in [2.05, 4.69) is 0 Å². The predicted molar refractivity (Wildman–Crippen MR) is 73.1 cm³/mol. The molecule has 0 spiro atoms. The molecule has 2 aromatic carbocycles. The summed E-state index contributed by atoms with van der Waals surface area (Å²) < 4.78 is 0. The molecule has 0 N–H and O–H groups in total. The van der Waals surface area contributed by atoms with Gasteiger partial charge in [-0.25, -0.2) is 0 Å². The van der Waals surface area contributed by atoms with E-state index in [0.29, 0.717) is 0 Å². The van der Waals surface area contributed by atoms with Gasteiger partial charge in [0.05, 0.1) is 0 Å². The first kappa shape index (κ1) is 13.8. The molecule has 0 amide bonds. The molecule has 0 saturated heterocycles. The van der Waals surface area contributed by atoms with Crippen molar-refractivity contribution in [1.82, 2.24) is 0 Å². The lowest BCUT2D eigenvalue weighted by molar-refractivity contribution is 0.111. The SMILES string of the molecule is Cc1ccc(C=O)cc1.Cc1ccccc1C=O. The summed E-state index contributed by atoms with van der Waals surface area (Å²) in [5.74, 6) is 0. The van der Waals surface area contributed by atoms with Crippen LogP contribution in [0.1, 0.15) is 31.8 Å². The van der Waals surface area contributed by atoms with Gasteiger partial charge in [0.15, 0.2) is 0 Å². The second kappa shape index (κ2) is 7.17. The molecule has 0 fully saturated rings. The molecule has 0 radical (unpaired) electrons. The van der Waals surface area contributed by atoms with E-state index in [1.807, 2.05) is 62.4 Å². The largest absolute Gasteiger partial charge is 0.298 e. The van der Waals surface area contributed by atoms with E-state index < -0.39 is 0 Å². The fraction of sp³-hybridized carbons (Fsp3) is 0.125. The Balaban J connectivity index is 0.000000180. The highest BCUT2D eigenvalue weighted by molar-refractivity contribution is 5.76. The lowest BCUT2D eigenvalue weighted by Gasteiger charge is -1.92. The fourth-order valence-corrected chi connectivity index (χ4v) is 1.36. The summed E-state index contributed by atoms with van der Waals surface area (Å²) in [6.07, 6.45) is 1.72. The summed E-state index contributed by atoms with van der Waals surface area (Å²) in [5.41, 5.74) is 3.73. The maximum Gasteiger partial charge on any atom is 0.150 e. The summed E-state index contributed by atoms with van der Waals surface area (Å²) in [6.45, 7) is 3.91. The van der Waals surface area contributed by atoms with E-state index >= 15 is 0 Å². The first-order chi connectivity index (χ1) is 8.67.